The van der Waals surface area contributed by atoms with Crippen LogP contribution in [0.1, 0.15) is 36.4 Å². The smallest absolute Gasteiger partial charge is 0.497 e. The van der Waals surface area contributed by atoms with Crippen molar-refractivity contribution >= 4 is 5.91 Å². The fourth-order valence-corrected chi connectivity index (χ4v) is 3.96. The van der Waals surface area contributed by atoms with Gasteiger partial charge in [0.25, 0.3) is 0 Å². The van der Waals surface area contributed by atoms with Crippen molar-refractivity contribution < 1.29 is 32.5 Å². The summed E-state index contributed by atoms with van der Waals surface area (Å²) in [7, 11) is 1.59. The Bertz CT molecular complexity index is 989. The average molecular weight is 403 g/mol. The lowest BCUT2D eigenvalue weighted by molar-refractivity contribution is -0.286. The van der Waals surface area contributed by atoms with Crippen molar-refractivity contribution in [1.29, 1.82) is 0 Å². The highest BCUT2D eigenvalue weighted by Crippen LogP contribution is 2.52. The van der Waals surface area contributed by atoms with Gasteiger partial charge in [-0.2, -0.15) is 0 Å². The molecule has 0 spiro atoms. The van der Waals surface area contributed by atoms with Gasteiger partial charge in [0.2, 0.25) is 5.91 Å². The van der Waals surface area contributed by atoms with Gasteiger partial charge in [0.15, 0.2) is 11.5 Å². The molecule has 8 heteroatoms. The zero-order valence-corrected chi connectivity index (χ0v) is 15.7. The molecule has 5 rings (SSSR count). The molecule has 2 aromatic carbocycles. The van der Waals surface area contributed by atoms with Gasteiger partial charge in [-0.3, -0.25) is 4.79 Å². The molecule has 0 aromatic heterocycles. The number of carbonyl (C=O) groups is 1. The number of benzene rings is 2. The highest BCUT2D eigenvalue weighted by atomic mass is 19.3. The lowest BCUT2D eigenvalue weighted by Gasteiger charge is -2.28. The van der Waals surface area contributed by atoms with Crippen molar-refractivity contribution in [3.63, 3.8) is 0 Å². The van der Waals surface area contributed by atoms with E-state index in [1.54, 1.807) is 19.2 Å². The van der Waals surface area contributed by atoms with Crippen LogP contribution in [0.3, 0.4) is 0 Å². The summed E-state index contributed by atoms with van der Waals surface area (Å²) >= 11 is 0. The van der Waals surface area contributed by atoms with Gasteiger partial charge in [0.1, 0.15) is 11.5 Å². The van der Waals surface area contributed by atoms with E-state index in [2.05, 4.69) is 14.8 Å². The molecule has 1 atom stereocenters. The molecule has 29 heavy (non-hydrogen) atoms. The number of carbonyl (C=O) groups excluding carboxylic acids is 1. The summed E-state index contributed by atoms with van der Waals surface area (Å²) in [6, 6.07) is 9.89. The molecule has 0 unspecified atom stereocenters. The second-order valence-electron chi connectivity index (χ2n) is 7.48. The number of halogens is 2. The van der Waals surface area contributed by atoms with Gasteiger partial charge in [0, 0.05) is 18.1 Å². The molecule has 1 N–H and O–H groups in total. The van der Waals surface area contributed by atoms with Crippen LogP contribution in [-0.2, 0) is 10.2 Å². The first-order valence-electron chi connectivity index (χ1n) is 9.42. The summed E-state index contributed by atoms with van der Waals surface area (Å²) in [4.78, 5) is 13.2. The molecule has 2 aromatic rings. The Kier molecular flexibility index (Phi) is 3.88. The Morgan fingerprint density at radius 1 is 1.10 bits per heavy atom. The van der Waals surface area contributed by atoms with Crippen LogP contribution in [0.4, 0.5) is 8.78 Å². The largest absolute Gasteiger partial charge is 0.586 e. The quantitative estimate of drug-likeness (QED) is 0.844. The Hall–Kier alpha value is -3.03. The zero-order valence-electron chi connectivity index (χ0n) is 15.7. The first kappa shape index (κ1) is 18.0. The van der Waals surface area contributed by atoms with Crippen LogP contribution in [0.25, 0.3) is 0 Å². The maximum Gasteiger partial charge on any atom is 0.586 e. The predicted octanol–water partition coefficient (Wildman–Crippen LogP) is 3.69. The van der Waals surface area contributed by atoms with Crippen LogP contribution in [0, 0.1) is 0 Å². The third kappa shape index (κ3) is 3.03. The van der Waals surface area contributed by atoms with Crippen molar-refractivity contribution in [3.05, 3.63) is 47.5 Å². The predicted molar refractivity (Wildman–Crippen MR) is 97.5 cm³/mol. The number of hydrogen-bond donors (Lipinski definition) is 1. The van der Waals surface area contributed by atoms with E-state index in [-0.39, 0.29) is 23.4 Å². The number of fused-ring (bicyclic) bond motifs is 2. The first-order valence-corrected chi connectivity index (χ1v) is 9.42. The van der Waals surface area contributed by atoms with E-state index in [1.807, 2.05) is 12.1 Å². The summed E-state index contributed by atoms with van der Waals surface area (Å²) in [6.07, 6.45) is -1.73. The van der Waals surface area contributed by atoms with Gasteiger partial charge >= 0.3 is 6.29 Å². The molecule has 0 radical (unpaired) electrons. The highest BCUT2D eigenvalue weighted by Gasteiger charge is 2.53. The fraction of sp³-hybridized carbons (Fsp3) is 0.381. The highest BCUT2D eigenvalue weighted by molar-refractivity contribution is 5.92. The molecular weight excluding hydrogens is 384 g/mol. The van der Waals surface area contributed by atoms with Crippen LogP contribution in [-0.4, -0.2) is 25.9 Å². The molecule has 152 valence electrons. The number of amides is 1. The van der Waals surface area contributed by atoms with Gasteiger partial charge in [-0.15, -0.1) is 8.78 Å². The maximum atomic E-state index is 13.3. The van der Waals surface area contributed by atoms with Crippen molar-refractivity contribution in [3.8, 4) is 23.0 Å². The number of alkyl halides is 2. The van der Waals surface area contributed by atoms with E-state index < -0.39 is 11.7 Å². The lowest BCUT2D eigenvalue weighted by atomic mass is 9.92. The van der Waals surface area contributed by atoms with Crippen LogP contribution < -0.4 is 24.3 Å². The number of rotatable bonds is 4. The second-order valence-corrected chi connectivity index (χ2v) is 7.48. The van der Waals surface area contributed by atoms with Crippen molar-refractivity contribution in [2.45, 2.75) is 37.0 Å². The maximum absolute atomic E-state index is 13.3. The normalized spacial score (nSPS) is 22.2. The van der Waals surface area contributed by atoms with E-state index >= 15 is 0 Å². The molecule has 1 saturated carbocycles. The van der Waals surface area contributed by atoms with Gasteiger partial charge in [-0.05, 0) is 42.7 Å². The molecule has 0 saturated heterocycles. The number of methoxy groups -OCH3 is 1. The van der Waals surface area contributed by atoms with Crippen LogP contribution >= 0.6 is 0 Å². The van der Waals surface area contributed by atoms with Crippen molar-refractivity contribution in [2.24, 2.45) is 0 Å². The molecule has 1 fully saturated rings. The van der Waals surface area contributed by atoms with Gasteiger partial charge in [-0.25, -0.2) is 0 Å². The van der Waals surface area contributed by atoms with Crippen LogP contribution in [0.15, 0.2) is 36.4 Å². The SMILES string of the molecule is COc1ccc2c(c1)OCC[C@H]2NC(=O)C1(c2ccc3c(c2)OC(F)(F)O3)CC1. The number of ether oxygens (including phenoxy) is 4. The number of nitrogens with one attached hydrogen (secondary N) is 1. The number of hydrogen-bond acceptors (Lipinski definition) is 5. The van der Waals surface area contributed by atoms with E-state index in [0.29, 0.717) is 42.9 Å². The lowest BCUT2D eigenvalue weighted by Crippen LogP contribution is -2.39. The molecule has 1 amide bonds. The van der Waals surface area contributed by atoms with Crippen LogP contribution in [0.2, 0.25) is 0 Å². The Morgan fingerprint density at radius 3 is 2.66 bits per heavy atom. The summed E-state index contributed by atoms with van der Waals surface area (Å²) in [5.74, 6) is 1.18. The van der Waals surface area contributed by atoms with Crippen molar-refractivity contribution in [1.82, 2.24) is 5.32 Å². The summed E-state index contributed by atoms with van der Waals surface area (Å²) in [5.41, 5.74) is 0.810. The van der Waals surface area contributed by atoms with Crippen LogP contribution in [0.5, 0.6) is 23.0 Å². The van der Waals surface area contributed by atoms with Crippen molar-refractivity contribution in [2.75, 3.05) is 13.7 Å². The molecule has 0 bridgehead atoms. The molecule has 2 heterocycles. The monoisotopic (exact) mass is 403 g/mol. The molecule has 2 aliphatic heterocycles. The summed E-state index contributed by atoms with van der Waals surface area (Å²) in [5, 5.41) is 3.12. The fourth-order valence-electron chi connectivity index (χ4n) is 3.96. The van der Waals surface area contributed by atoms with Gasteiger partial charge in [0.05, 0.1) is 25.2 Å². The summed E-state index contributed by atoms with van der Waals surface area (Å²) in [6.45, 7) is 0.483. The third-order valence-electron chi connectivity index (χ3n) is 5.70. The van der Waals surface area contributed by atoms with E-state index in [1.165, 1.54) is 12.1 Å². The minimum absolute atomic E-state index is 0.0257. The minimum Gasteiger partial charge on any atom is -0.497 e. The van der Waals surface area contributed by atoms with E-state index in [4.69, 9.17) is 9.47 Å². The zero-order chi connectivity index (χ0) is 20.2. The van der Waals surface area contributed by atoms with Gasteiger partial charge in [-0.1, -0.05) is 6.07 Å². The Labute approximate surface area is 165 Å². The Morgan fingerprint density at radius 2 is 1.90 bits per heavy atom. The standard InChI is InChI=1S/C21H19F2NO5/c1-26-13-3-4-14-15(6-9-27-17(14)11-13)24-19(25)20(7-8-20)12-2-5-16-18(10-12)29-21(22,23)28-16/h2-5,10-11,15H,6-9H2,1H3,(H,24,25)/t15-/m1/s1. The Balaban J connectivity index is 1.37. The first-order chi connectivity index (χ1) is 13.9. The minimum atomic E-state index is -3.67. The second kappa shape index (κ2) is 6.23. The van der Waals surface area contributed by atoms with Gasteiger partial charge < -0.3 is 24.3 Å². The third-order valence-corrected chi connectivity index (χ3v) is 5.70. The topological polar surface area (TPSA) is 66.0 Å². The average Bonchev–Trinajstić information content (AvgIpc) is 3.45. The van der Waals surface area contributed by atoms with E-state index in [9.17, 15) is 13.6 Å². The van der Waals surface area contributed by atoms with E-state index in [0.717, 1.165) is 5.56 Å². The summed E-state index contributed by atoms with van der Waals surface area (Å²) < 4.78 is 46.5. The molecular formula is C21H19F2NO5. The molecule has 3 aliphatic rings. The molecule has 1 aliphatic carbocycles. The molecule has 6 nitrogen and oxygen atoms in total.